The lowest BCUT2D eigenvalue weighted by molar-refractivity contribution is -0.111. The largest absolute Gasteiger partial charge is 0.294 e. The van der Waals surface area contributed by atoms with E-state index in [1.54, 1.807) is 6.92 Å². The van der Waals surface area contributed by atoms with Crippen LogP contribution in [0.3, 0.4) is 0 Å². The number of allylic oxidation sites excluding steroid dienone is 3. The number of rotatable bonds is 4. The average Bonchev–Trinajstić information content (AvgIpc) is 2.51. The molecule has 0 saturated carbocycles. The van der Waals surface area contributed by atoms with Crippen LogP contribution in [0, 0.1) is 6.92 Å². The Labute approximate surface area is 151 Å². The molecule has 1 nitrogen and oxygen atoms in total. The molecule has 0 aromatic heterocycles. The zero-order valence-electron chi connectivity index (χ0n) is 14.5. The zero-order chi connectivity index (χ0) is 18.0. The Bertz CT molecular complexity index is 862. The Hall–Kier alpha value is -1.69. The van der Waals surface area contributed by atoms with Gasteiger partial charge in [-0.15, -0.1) is 9.24 Å². The molecule has 0 aliphatic heterocycles. The van der Waals surface area contributed by atoms with Crippen molar-refractivity contribution < 1.29 is 4.79 Å². The molecule has 0 heterocycles. The summed E-state index contributed by atoms with van der Waals surface area (Å²) in [6.45, 7) is 11.6. The van der Waals surface area contributed by atoms with Gasteiger partial charge in [0.1, 0.15) is 0 Å². The Morgan fingerprint density at radius 3 is 2.21 bits per heavy atom. The van der Waals surface area contributed by atoms with E-state index in [0.29, 0.717) is 5.02 Å². The second kappa shape index (κ2) is 7.47. The Kier molecular flexibility index (Phi) is 5.80. The highest BCUT2D eigenvalue weighted by molar-refractivity contribution is 7.28. The zero-order valence-corrected chi connectivity index (χ0v) is 16.4. The number of halogens is 1. The van der Waals surface area contributed by atoms with Crippen LogP contribution in [-0.4, -0.2) is 5.78 Å². The number of benzene rings is 2. The molecule has 3 heteroatoms. The van der Waals surface area contributed by atoms with Crippen LogP contribution in [-0.2, 0) is 4.79 Å². The van der Waals surface area contributed by atoms with E-state index in [1.165, 1.54) is 0 Å². The first-order valence-corrected chi connectivity index (χ1v) is 8.72. The molecule has 0 saturated heterocycles. The highest BCUT2D eigenvalue weighted by Crippen LogP contribution is 2.31. The quantitative estimate of drug-likeness (QED) is 0.390. The van der Waals surface area contributed by atoms with Crippen LogP contribution in [0.1, 0.15) is 43.0 Å². The predicted molar refractivity (Wildman–Crippen MR) is 110 cm³/mol. The molecule has 0 amide bonds. The van der Waals surface area contributed by atoms with Crippen LogP contribution in [0.15, 0.2) is 43.0 Å². The molecule has 124 valence electrons. The highest BCUT2D eigenvalue weighted by Gasteiger charge is 2.16. The molecule has 0 N–H and O–H groups in total. The predicted octanol–water partition coefficient (Wildman–Crippen LogP) is 5.70. The van der Waals surface area contributed by atoms with Crippen LogP contribution in [0.2, 0.25) is 5.02 Å². The Morgan fingerprint density at radius 1 is 1.04 bits per heavy atom. The maximum atomic E-state index is 12.4. The van der Waals surface area contributed by atoms with Gasteiger partial charge in [0, 0.05) is 10.6 Å². The van der Waals surface area contributed by atoms with Gasteiger partial charge >= 0.3 is 0 Å². The van der Waals surface area contributed by atoms with Crippen LogP contribution >= 0.6 is 20.8 Å². The molecule has 0 aliphatic carbocycles. The topological polar surface area (TPSA) is 17.1 Å². The standard InChI is InChI=1S/C21H22ClOP/c1-12(2)16-7-6-13(3)18(10-16)21(15(5)23)14(4)17-8-9-19(22)20(24)11-17/h6-11H,1,24H2,2-5H3/b21-14-. The summed E-state index contributed by atoms with van der Waals surface area (Å²) in [5, 5.41) is 1.62. The molecule has 0 aliphatic rings. The number of carbonyl (C=O) groups is 1. The van der Waals surface area contributed by atoms with Crippen molar-refractivity contribution in [3.05, 3.63) is 70.3 Å². The van der Waals surface area contributed by atoms with E-state index in [2.05, 4.69) is 21.9 Å². The molecule has 1 atom stereocenters. The third kappa shape index (κ3) is 3.86. The van der Waals surface area contributed by atoms with Crippen molar-refractivity contribution in [1.29, 1.82) is 0 Å². The molecular weight excluding hydrogens is 335 g/mol. The van der Waals surface area contributed by atoms with Crippen LogP contribution < -0.4 is 5.30 Å². The summed E-state index contributed by atoms with van der Waals surface area (Å²) in [7, 11) is 2.63. The number of aryl methyl sites for hydroxylation is 1. The first kappa shape index (κ1) is 18.6. The van der Waals surface area contributed by atoms with E-state index in [1.807, 2.05) is 51.1 Å². The fraction of sp³-hybridized carbons (Fsp3) is 0.190. The molecule has 2 rings (SSSR count). The van der Waals surface area contributed by atoms with E-state index >= 15 is 0 Å². The fourth-order valence-corrected chi connectivity index (χ4v) is 3.13. The van der Waals surface area contributed by atoms with Crippen molar-refractivity contribution in [2.75, 3.05) is 0 Å². The molecular formula is C21H22ClOP. The van der Waals surface area contributed by atoms with Gasteiger partial charge in [-0.05, 0) is 79.0 Å². The summed E-state index contributed by atoms with van der Waals surface area (Å²) in [5.41, 5.74) is 6.74. The van der Waals surface area contributed by atoms with Crippen LogP contribution in [0.25, 0.3) is 16.7 Å². The van der Waals surface area contributed by atoms with Gasteiger partial charge in [0.05, 0.1) is 0 Å². The molecule has 0 radical (unpaired) electrons. The minimum Gasteiger partial charge on any atom is -0.294 e. The fourth-order valence-electron chi connectivity index (χ4n) is 2.73. The summed E-state index contributed by atoms with van der Waals surface area (Å²) in [6.07, 6.45) is 0. The van der Waals surface area contributed by atoms with Crippen LogP contribution in [0.5, 0.6) is 0 Å². The third-order valence-corrected chi connectivity index (χ3v) is 5.16. The van der Waals surface area contributed by atoms with Gasteiger partial charge in [-0.2, -0.15) is 0 Å². The van der Waals surface area contributed by atoms with Gasteiger partial charge in [0.15, 0.2) is 5.78 Å². The van der Waals surface area contributed by atoms with Crippen molar-refractivity contribution in [1.82, 2.24) is 0 Å². The van der Waals surface area contributed by atoms with Crippen molar-refractivity contribution in [2.24, 2.45) is 0 Å². The second-order valence-corrected chi connectivity index (χ2v) is 7.13. The summed E-state index contributed by atoms with van der Waals surface area (Å²) >= 11 is 6.11. The van der Waals surface area contributed by atoms with Crippen molar-refractivity contribution in [2.45, 2.75) is 27.7 Å². The lowest BCUT2D eigenvalue weighted by atomic mass is 9.89. The van der Waals surface area contributed by atoms with Gasteiger partial charge in [0.25, 0.3) is 0 Å². The molecule has 0 fully saturated rings. The maximum Gasteiger partial charge on any atom is 0.160 e. The number of carbonyl (C=O) groups excluding carboxylic acids is 1. The third-order valence-electron chi connectivity index (χ3n) is 4.16. The van der Waals surface area contributed by atoms with Crippen molar-refractivity contribution >= 4 is 48.6 Å². The smallest absolute Gasteiger partial charge is 0.160 e. The monoisotopic (exact) mass is 356 g/mol. The summed E-state index contributed by atoms with van der Waals surface area (Å²) in [6, 6.07) is 11.9. The lowest BCUT2D eigenvalue weighted by Gasteiger charge is -2.15. The Balaban J connectivity index is 2.73. The van der Waals surface area contributed by atoms with Gasteiger partial charge in [-0.25, -0.2) is 0 Å². The van der Waals surface area contributed by atoms with Gasteiger partial charge in [-0.1, -0.05) is 42.0 Å². The molecule has 2 aromatic rings. The molecule has 0 bridgehead atoms. The maximum absolute atomic E-state index is 12.4. The highest BCUT2D eigenvalue weighted by atomic mass is 35.5. The van der Waals surface area contributed by atoms with E-state index in [4.69, 9.17) is 11.6 Å². The van der Waals surface area contributed by atoms with E-state index in [9.17, 15) is 4.79 Å². The number of hydrogen-bond acceptors (Lipinski definition) is 1. The SMILES string of the molecule is C=C(C)c1ccc(C)c(/C(C(C)=O)=C(/C)c2ccc(Cl)c(P)c2)c1. The number of ketones is 1. The minimum absolute atomic E-state index is 0.0507. The van der Waals surface area contributed by atoms with Gasteiger partial charge in [-0.3, -0.25) is 4.79 Å². The second-order valence-electron chi connectivity index (χ2n) is 6.10. The lowest BCUT2D eigenvalue weighted by Crippen LogP contribution is -2.04. The molecule has 1 unspecified atom stereocenters. The molecule has 24 heavy (non-hydrogen) atoms. The van der Waals surface area contributed by atoms with E-state index in [0.717, 1.165) is 44.3 Å². The number of hydrogen-bond donors (Lipinski definition) is 0. The summed E-state index contributed by atoms with van der Waals surface area (Å²) in [4.78, 5) is 12.4. The first-order valence-electron chi connectivity index (χ1n) is 7.76. The summed E-state index contributed by atoms with van der Waals surface area (Å²) < 4.78 is 0. The van der Waals surface area contributed by atoms with Gasteiger partial charge < -0.3 is 0 Å². The van der Waals surface area contributed by atoms with E-state index in [-0.39, 0.29) is 5.78 Å². The normalized spacial score (nSPS) is 11.9. The Morgan fingerprint density at radius 2 is 1.67 bits per heavy atom. The van der Waals surface area contributed by atoms with Crippen LogP contribution in [0.4, 0.5) is 0 Å². The van der Waals surface area contributed by atoms with Gasteiger partial charge in [0.2, 0.25) is 0 Å². The van der Waals surface area contributed by atoms with Crippen molar-refractivity contribution in [3.63, 3.8) is 0 Å². The summed E-state index contributed by atoms with van der Waals surface area (Å²) in [5.74, 6) is 0.0507. The first-order chi connectivity index (χ1) is 11.2. The molecule has 0 spiro atoms. The number of Topliss-reactive ketones (excluding diaryl/α,β-unsaturated/α-hetero) is 1. The van der Waals surface area contributed by atoms with E-state index < -0.39 is 0 Å². The minimum atomic E-state index is 0.0507. The average molecular weight is 357 g/mol. The molecule has 2 aromatic carbocycles. The van der Waals surface area contributed by atoms with Crippen molar-refractivity contribution in [3.8, 4) is 0 Å².